The van der Waals surface area contributed by atoms with Gasteiger partial charge < -0.3 is 14.0 Å². The van der Waals surface area contributed by atoms with E-state index < -0.39 is 0 Å². The van der Waals surface area contributed by atoms with E-state index in [0.717, 1.165) is 44.9 Å². The second-order valence-electron chi connectivity index (χ2n) is 7.89. The van der Waals surface area contributed by atoms with Gasteiger partial charge in [-0.25, -0.2) is 9.78 Å². The number of fused-ring (bicyclic) bond motifs is 1. The first-order chi connectivity index (χ1) is 15.9. The van der Waals surface area contributed by atoms with Crippen LogP contribution in [0.4, 0.5) is 0 Å². The third-order valence-corrected chi connectivity index (χ3v) is 5.98. The molecule has 0 saturated carbocycles. The minimum Gasteiger partial charge on any atom is -0.494 e. The maximum atomic E-state index is 12.0. The Hall–Kier alpha value is -3.31. The summed E-state index contributed by atoms with van der Waals surface area (Å²) in [5, 5.41) is 0.671. The first-order valence-corrected chi connectivity index (χ1v) is 11.4. The lowest BCUT2D eigenvalue weighted by Crippen LogP contribution is -2.04. The molecule has 4 rings (SSSR count). The predicted molar refractivity (Wildman–Crippen MR) is 132 cm³/mol. The van der Waals surface area contributed by atoms with Crippen LogP contribution < -0.4 is 4.74 Å². The highest BCUT2D eigenvalue weighted by Crippen LogP contribution is 2.30. The average molecular weight is 463 g/mol. The summed E-state index contributed by atoms with van der Waals surface area (Å²) >= 11 is 6.56. The average Bonchev–Trinajstić information content (AvgIpc) is 3.12. The van der Waals surface area contributed by atoms with Crippen LogP contribution in [0.2, 0.25) is 5.02 Å². The van der Waals surface area contributed by atoms with Crippen molar-refractivity contribution in [2.75, 3.05) is 13.2 Å². The lowest BCUT2D eigenvalue weighted by atomic mass is 10.0. The molecule has 0 atom stereocenters. The summed E-state index contributed by atoms with van der Waals surface area (Å²) in [4.78, 5) is 16.8. The number of imidazole rings is 1. The Morgan fingerprint density at radius 1 is 0.970 bits per heavy atom. The lowest BCUT2D eigenvalue weighted by Gasteiger charge is -2.12. The van der Waals surface area contributed by atoms with E-state index in [1.165, 1.54) is 0 Å². The third-order valence-electron chi connectivity index (χ3n) is 5.63. The number of hydrogen-bond acceptors (Lipinski definition) is 4. The number of aryl methyl sites for hydroxylation is 2. The number of aromatic nitrogens is 2. The smallest absolute Gasteiger partial charge is 0.338 e. The van der Waals surface area contributed by atoms with Crippen molar-refractivity contribution < 1.29 is 14.3 Å². The standard InChI is InChI=1S/C27H27ClN2O3/c1-5-32-23-12-11-21(24(28)15-23)16-30-18(4)29-26-17(3)13-22(14-25(26)30)19-7-9-20(10-8-19)27(31)33-6-2/h7-15H,5-6,16H2,1-4H3. The van der Waals surface area contributed by atoms with Crippen molar-refractivity contribution in [3.8, 4) is 16.9 Å². The zero-order chi connectivity index (χ0) is 23.5. The number of ether oxygens (including phenoxy) is 2. The largest absolute Gasteiger partial charge is 0.494 e. The van der Waals surface area contributed by atoms with Crippen molar-refractivity contribution in [2.45, 2.75) is 34.2 Å². The maximum absolute atomic E-state index is 12.0. The zero-order valence-corrected chi connectivity index (χ0v) is 20.1. The number of carbonyl (C=O) groups is 1. The van der Waals surface area contributed by atoms with Gasteiger partial charge in [-0.2, -0.15) is 0 Å². The van der Waals surface area contributed by atoms with E-state index in [-0.39, 0.29) is 5.97 Å². The molecule has 0 unspecified atom stereocenters. The van der Waals surface area contributed by atoms with Gasteiger partial charge >= 0.3 is 5.97 Å². The van der Waals surface area contributed by atoms with Crippen LogP contribution >= 0.6 is 11.6 Å². The molecule has 0 N–H and O–H groups in total. The highest BCUT2D eigenvalue weighted by molar-refractivity contribution is 6.31. The van der Waals surface area contributed by atoms with Crippen molar-refractivity contribution in [3.63, 3.8) is 0 Å². The monoisotopic (exact) mass is 462 g/mol. The van der Waals surface area contributed by atoms with Gasteiger partial charge in [0.15, 0.2) is 0 Å². The van der Waals surface area contributed by atoms with Gasteiger partial charge in [0, 0.05) is 5.02 Å². The van der Waals surface area contributed by atoms with Crippen LogP contribution in [0.3, 0.4) is 0 Å². The molecule has 0 bridgehead atoms. The maximum Gasteiger partial charge on any atom is 0.338 e. The summed E-state index contributed by atoms with van der Waals surface area (Å²) in [6.07, 6.45) is 0. The summed E-state index contributed by atoms with van der Waals surface area (Å²) in [5.74, 6) is 1.38. The van der Waals surface area contributed by atoms with E-state index in [1.54, 1.807) is 19.1 Å². The molecule has 0 radical (unpaired) electrons. The number of benzene rings is 3. The van der Waals surface area contributed by atoms with Crippen LogP contribution in [0, 0.1) is 13.8 Å². The van der Waals surface area contributed by atoms with Crippen LogP contribution in [0.15, 0.2) is 54.6 Å². The fourth-order valence-electron chi connectivity index (χ4n) is 3.97. The molecule has 33 heavy (non-hydrogen) atoms. The number of rotatable bonds is 7. The van der Waals surface area contributed by atoms with Crippen molar-refractivity contribution in [3.05, 3.63) is 82.1 Å². The van der Waals surface area contributed by atoms with E-state index in [4.69, 9.17) is 26.1 Å². The van der Waals surface area contributed by atoms with Gasteiger partial charge in [0.05, 0.1) is 36.4 Å². The Labute approximate surface area is 198 Å². The van der Waals surface area contributed by atoms with Crippen LogP contribution in [-0.4, -0.2) is 28.7 Å². The van der Waals surface area contributed by atoms with Gasteiger partial charge in [0.1, 0.15) is 11.6 Å². The van der Waals surface area contributed by atoms with Crippen molar-refractivity contribution in [2.24, 2.45) is 0 Å². The molecular weight excluding hydrogens is 436 g/mol. The summed E-state index contributed by atoms with van der Waals surface area (Å²) in [7, 11) is 0. The summed E-state index contributed by atoms with van der Waals surface area (Å²) in [5.41, 5.74) is 6.75. The Kier molecular flexibility index (Phi) is 6.70. The van der Waals surface area contributed by atoms with Crippen LogP contribution in [-0.2, 0) is 11.3 Å². The molecule has 3 aromatic carbocycles. The number of hydrogen-bond donors (Lipinski definition) is 0. The Morgan fingerprint density at radius 3 is 2.39 bits per heavy atom. The summed E-state index contributed by atoms with van der Waals surface area (Å²) < 4.78 is 12.8. The Morgan fingerprint density at radius 2 is 1.73 bits per heavy atom. The molecule has 1 heterocycles. The van der Waals surface area contributed by atoms with Crippen molar-refractivity contribution in [1.29, 1.82) is 0 Å². The summed E-state index contributed by atoms with van der Waals surface area (Å²) in [6.45, 7) is 9.40. The van der Waals surface area contributed by atoms with E-state index in [9.17, 15) is 4.79 Å². The number of nitrogens with zero attached hydrogens (tertiary/aromatic N) is 2. The number of halogens is 1. The van der Waals surface area contributed by atoms with Crippen LogP contribution in [0.25, 0.3) is 22.2 Å². The molecule has 0 spiro atoms. The van der Waals surface area contributed by atoms with E-state index >= 15 is 0 Å². The van der Waals surface area contributed by atoms with Crippen LogP contribution in [0.1, 0.15) is 41.2 Å². The molecule has 0 aliphatic rings. The molecule has 170 valence electrons. The van der Waals surface area contributed by atoms with Crippen molar-refractivity contribution >= 4 is 28.6 Å². The van der Waals surface area contributed by atoms with Gasteiger partial charge in [-0.3, -0.25) is 0 Å². The summed E-state index contributed by atoms with van der Waals surface area (Å²) in [6, 6.07) is 17.6. The van der Waals surface area contributed by atoms with Gasteiger partial charge in [-0.05, 0) is 86.3 Å². The van der Waals surface area contributed by atoms with E-state index in [1.807, 2.05) is 44.2 Å². The number of esters is 1. The van der Waals surface area contributed by atoms with Gasteiger partial charge in [0.2, 0.25) is 0 Å². The minimum atomic E-state index is -0.309. The van der Waals surface area contributed by atoms with E-state index in [0.29, 0.717) is 30.3 Å². The van der Waals surface area contributed by atoms with E-state index in [2.05, 4.69) is 23.6 Å². The molecule has 4 aromatic rings. The number of carbonyl (C=O) groups excluding carboxylic acids is 1. The Bertz CT molecular complexity index is 1310. The highest BCUT2D eigenvalue weighted by atomic mass is 35.5. The van der Waals surface area contributed by atoms with Gasteiger partial charge in [0.25, 0.3) is 0 Å². The normalized spacial score (nSPS) is 11.1. The molecule has 0 fully saturated rings. The fourth-order valence-corrected chi connectivity index (χ4v) is 4.20. The molecule has 0 saturated heterocycles. The second kappa shape index (κ2) is 9.67. The molecule has 0 aliphatic heterocycles. The van der Waals surface area contributed by atoms with Crippen LogP contribution in [0.5, 0.6) is 5.75 Å². The first kappa shape index (κ1) is 22.9. The van der Waals surface area contributed by atoms with Gasteiger partial charge in [-0.1, -0.05) is 29.8 Å². The fraction of sp³-hybridized carbons (Fsp3) is 0.259. The quantitative estimate of drug-likeness (QED) is 0.290. The molecular formula is C27H27ClN2O3. The predicted octanol–water partition coefficient (Wildman–Crippen LogP) is 6.60. The second-order valence-corrected chi connectivity index (χ2v) is 8.30. The molecule has 6 heteroatoms. The molecule has 0 amide bonds. The highest BCUT2D eigenvalue weighted by Gasteiger charge is 2.14. The van der Waals surface area contributed by atoms with Gasteiger partial charge in [-0.15, -0.1) is 0 Å². The lowest BCUT2D eigenvalue weighted by molar-refractivity contribution is 0.0526. The zero-order valence-electron chi connectivity index (χ0n) is 19.3. The minimum absolute atomic E-state index is 0.309. The topological polar surface area (TPSA) is 53.3 Å². The molecule has 0 aliphatic carbocycles. The SMILES string of the molecule is CCOC(=O)c1ccc(-c2cc(C)c3nc(C)n(Cc4ccc(OCC)cc4Cl)c3c2)cc1. The Balaban J connectivity index is 1.71. The molecule has 5 nitrogen and oxygen atoms in total. The first-order valence-electron chi connectivity index (χ1n) is 11.1. The van der Waals surface area contributed by atoms with Crippen molar-refractivity contribution in [1.82, 2.24) is 9.55 Å². The molecule has 1 aromatic heterocycles. The third kappa shape index (κ3) is 4.74.